The normalized spacial score (nSPS) is 23.7. The standard InChI is InChI=1S/C15H17ClN2O2.C8H13N3O/c1-9-6-7-18(9)13-4-2-10(8-12(13)16)11-3-5-14(19)17-15(11)20;1-8(4-5-8)3-2-6-10-11-7(9)12-6/h2,4,8-9,11H,3,5-7H2,1H3,(H,17,19,20);2-5H2,1H3,(H2,9,11). The minimum atomic E-state index is -0.270. The second kappa shape index (κ2) is 9.10. The van der Waals surface area contributed by atoms with Crippen LogP contribution < -0.4 is 16.0 Å². The molecule has 2 saturated heterocycles. The highest BCUT2D eigenvalue weighted by molar-refractivity contribution is 6.33. The summed E-state index contributed by atoms with van der Waals surface area (Å²) in [5, 5.41) is 10.5. The van der Waals surface area contributed by atoms with Gasteiger partial charge in [-0.1, -0.05) is 29.7 Å². The van der Waals surface area contributed by atoms with Crippen LogP contribution in [0.25, 0.3) is 0 Å². The minimum Gasteiger partial charge on any atom is -0.408 e. The summed E-state index contributed by atoms with van der Waals surface area (Å²) in [6, 6.07) is 6.49. The number of nitrogens with zero attached hydrogens (tertiary/aromatic N) is 3. The number of carbonyl (C=O) groups is 2. The van der Waals surface area contributed by atoms with E-state index in [1.165, 1.54) is 19.3 Å². The van der Waals surface area contributed by atoms with Crippen LogP contribution in [0.1, 0.15) is 69.7 Å². The monoisotopic (exact) mass is 459 g/mol. The maximum absolute atomic E-state index is 11.9. The van der Waals surface area contributed by atoms with Crippen molar-refractivity contribution in [1.82, 2.24) is 15.5 Å². The van der Waals surface area contributed by atoms with E-state index in [0.29, 0.717) is 35.2 Å². The molecular formula is C23H30ClN5O3. The lowest BCUT2D eigenvalue weighted by molar-refractivity contribution is -0.134. The highest BCUT2D eigenvalue weighted by Crippen LogP contribution is 2.48. The Hall–Kier alpha value is -2.61. The van der Waals surface area contributed by atoms with Gasteiger partial charge in [0, 0.05) is 25.4 Å². The molecule has 32 heavy (non-hydrogen) atoms. The molecule has 0 spiro atoms. The van der Waals surface area contributed by atoms with Crippen molar-refractivity contribution in [1.29, 1.82) is 0 Å². The number of benzene rings is 1. The van der Waals surface area contributed by atoms with Crippen LogP contribution in [0.2, 0.25) is 5.02 Å². The fourth-order valence-corrected chi connectivity index (χ4v) is 4.40. The third-order valence-electron chi connectivity index (χ3n) is 6.77. The number of carbonyl (C=O) groups excluding carboxylic acids is 2. The zero-order chi connectivity index (χ0) is 22.9. The largest absolute Gasteiger partial charge is 0.408 e. The molecule has 1 aromatic carbocycles. The van der Waals surface area contributed by atoms with E-state index in [0.717, 1.165) is 30.6 Å². The van der Waals surface area contributed by atoms with Crippen LogP contribution in [0, 0.1) is 5.41 Å². The smallest absolute Gasteiger partial charge is 0.312 e. The molecule has 3 N–H and O–H groups in total. The van der Waals surface area contributed by atoms with Crippen molar-refractivity contribution in [3.8, 4) is 0 Å². The summed E-state index contributed by atoms with van der Waals surface area (Å²) in [4.78, 5) is 25.3. The van der Waals surface area contributed by atoms with Crippen LogP contribution in [0.15, 0.2) is 22.6 Å². The number of halogens is 1. The summed E-state index contributed by atoms with van der Waals surface area (Å²) >= 11 is 6.36. The van der Waals surface area contributed by atoms with Crippen LogP contribution in [-0.2, 0) is 16.0 Å². The molecule has 0 bridgehead atoms. The van der Waals surface area contributed by atoms with Crippen molar-refractivity contribution in [3.63, 3.8) is 0 Å². The Labute approximate surface area is 192 Å². The Morgan fingerprint density at radius 3 is 2.59 bits per heavy atom. The maximum atomic E-state index is 11.9. The summed E-state index contributed by atoms with van der Waals surface area (Å²) in [7, 11) is 0. The minimum absolute atomic E-state index is 0.172. The first-order valence-corrected chi connectivity index (χ1v) is 11.6. The molecule has 3 aliphatic rings. The number of aromatic nitrogens is 2. The molecule has 2 aromatic rings. The van der Waals surface area contributed by atoms with Gasteiger partial charge in [0.05, 0.1) is 16.6 Å². The molecule has 2 amide bonds. The molecule has 1 aliphatic carbocycles. The van der Waals surface area contributed by atoms with Gasteiger partial charge in [-0.3, -0.25) is 14.9 Å². The third-order valence-corrected chi connectivity index (χ3v) is 7.07. The van der Waals surface area contributed by atoms with Gasteiger partial charge >= 0.3 is 6.01 Å². The van der Waals surface area contributed by atoms with E-state index in [1.807, 2.05) is 18.2 Å². The van der Waals surface area contributed by atoms with E-state index < -0.39 is 0 Å². The quantitative estimate of drug-likeness (QED) is 0.652. The number of hydrogen-bond acceptors (Lipinski definition) is 7. The number of nitrogen functional groups attached to an aromatic ring is 1. The molecule has 2 unspecified atom stereocenters. The summed E-state index contributed by atoms with van der Waals surface area (Å²) in [6.07, 6.45) is 6.78. The van der Waals surface area contributed by atoms with Crippen LogP contribution >= 0.6 is 11.6 Å². The zero-order valence-electron chi connectivity index (χ0n) is 18.6. The van der Waals surface area contributed by atoms with Gasteiger partial charge in [0.2, 0.25) is 17.7 Å². The first kappa shape index (κ1) is 22.6. The molecule has 8 nitrogen and oxygen atoms in total. The van der Waals surface area contributed by atoms with E-state index in [1.54, 1.807) is 0 Å². The van der Waals surface area contributed by atoms with Crippen LogP contribution in [0.4, 0.5) is 11.7 Å². The molecule has 1 saturated carbocycles. The number of hydrogen-bond donors (Lipinski definition) is 2. The molecule has 1 aromatic heterocycles. The first-order valence-electron chi connectivity index (χ1n) is 11.2. The predicted molar refractivity (Wildman–Crippen MR) is 122 cm³/mol. The van der Waals surface area contributed by atoms with Gasteiger partial charge < -0.3 is 15.1 Å². The molecule has 9 heteroatoms. The van der Waals surface area contributed by atoms with Gasteiger partial charge in [-0.2, -0.15) is 0 Å². The number of rotatable bonds is 5. The first-order chi connectivity index (χ1) is 15.2. The van der Waals surface area contributed by atoms with Crippen molar-refractivity contribution in [2.75, 3.05) is 17.2 Å². The molecule has 5 rings (SSSR count). The Morgan fingerprint density at radius 2 is 2.06 bits per heavy atom. The Bertz CT molecular complexity index is 1000. The number of amides is 2. The lowest BCUT2D eigenvalue weighted by Gasteiger charge is -2.41. The highest BCUT2D eigenvalue weighted by Gasteiger charge is 2.36. The number of nitrogens with two attached hydrogens (primary N) is 1. The average molecular weight is 460 g/mol. The van der Waals surface area contributed by atoms with Crippen molar-refractivity contribution in [2.45, 2.75) is 70.8 Å². The Morgan fingerprint density at radius 1 is 1.28 bits per heavy atom. The second-order valence-corrected chi connectivity index (χ2v) is 9.80. The molecule has 172 valence electrons. The van der Waals surface area contributed by atoms with Crippen LogP contribution in [0.3, 0.4) is 0 Å². The van der Waals surface area contributed by atoms with Crippen molar-refractivity contribution < 1.29 is 14.0 Å². The van der Waals surface area contributed by atoms with E-state index in [2.05, 4.69) is 34.3 Å². The highest BCUT2D eigenvalue weighted by atomic mass is 35.5. The van der Waals surface area contributed by atoms with Crippen LogP contribution in [0.5, 0.6) is 0 Å². The maximum Gasteiger partial charge on any atom is 0.312 e. The number of aryl methyl sites for hydroxylation is 1. The second-order valence-electron chi connectivity index (χ2n) is 9.39. The van der Waals surface area contributed by atoms with Crippen molar-refractivity contribution >= 4 is 35.1 Å². The van der Waals surface area contributed by atoms with Crippen molar-refractivity contribution in [2.24, 2.45) is 5.41 Å². The van der Waals surface area contributed by atoms with Gasteiger partial charge in [-0.15, -0.1) is 5.10 Å². The van der Waals surface area contributed by atoms with Gasteiger partial charge in [-0.25, -0.2) is 0 Å². The average Bonchev–Trinajstić information content (AvgIpc) is 3.33. The van der Waals surface area contributed by atoms with E-state index >= 15 is 0 Å². The number of piperidine rings is 1. The molecule has 2 atom stereocenters. The van der Waals surface area contributed by atoms with E-state index in [9.17, 15) is 9.59 Å². The fourth-order valence-electron chi connectivity index (χ4n) is 4.10. The van der Waals surface area contributed by atoms with Gasteiger partial charge in [0.25, 0.3) is 0 Å². The molecule has 0 radical (unpaired) electrons. The molecule has 3 fully saturated rings. The van der Waals surface area contributed by atoms with E-state index in [4.69, 9.17) is 21.8 Å². The summed E-state index contributed by atoms with van der Waals surface area (Å²) in [5.74, 6) is -0.0144. The van der Waals surface area contributed by atoms with Crippen molar-refractivity contribution in [3.05, 3.63) is 34.7 Å². The summed E-state index contributed by atoms with van der Waals surface area (Å²) in [6.45, 7) is 5.49. The number of anilines is 2. The topological polar surface area (TPSA) is 114 Å². The number of nitrogens with one attached hydrogen (secondary N) is 1. The fraction of sp³-hybridized carbons (Fsp3) is 0.565. The lowest BCUT2D eigenvalue weighted by Crippen LogP contribution is -2.45. The lowest BCUT2D eigenvalue weighted by atomic mass is 9.90. The third kappa shape index (κ3) is 5.23. The SMILES string of the molecule is CC1(CCc2nnc(N)o2)CC1.CC1CCN1c1ccc(C2CCC(=O)NC2=O)cc1Cl. The van der Waals surface area contributed by atoms with Crippen LogP contribution in [-0.4, -0.2) is 34.6 Å². The van der Waals surface area contributed by atoms with Gasteiger partial charge in [0.1, 0.15) is 0 Å². The van der Waals surface area contributed by atoms with Gasteiger partial charge in [-0.05, 0) is 62.1 Å². The zero-order valence-corrected chi connectivity index (χ0v) is 19.3. The Kier molecular flexibility index (Phi) is 6.42. The number of imide groups is 1. The Balaban J connectivity index is 0.000000174. The molecule has 3 heterocycles. The van der Waals surface area contributed by atoms with E-state index in [-0.39, 0.29) is 23.7 Å². The summed E-state index contributed by atoms with van der Waals surface area (Å²) in [5.41, 5.74) is 7.75. The predicted octanol–water partition coefficient (Wildman–Crippen LogP) is 3.84. The molecule has 2 aliphatic heterocycles. The summed E-state index contributed by atoms with van der Waals surface area (Å²) < 4.78 is 5.06. The van der Waals surface area contributed by atoms with Gasteiger partial charge in [0.15, 0.2) is 0 Å². The molecular weight excluding hydrogens is 430 g/mol.